The second-order valence-electron chi connectivity index (χ2n) is 8.40. The first-order chi connectivity index (χ1) is 15.6. The molecular weight excluding hydrogens is 460 g/mol. The number of anilines is 1. The Kier molecular flexibility index (Phi) is 7.65. The number of nitrogens with zero attached hydrogens (tertiary/aromatic N) is 4. The number of thioether (sulfide) groups is 1. The molecule has 2 fully saturated rings. The molecular formula is C23H28N4O4S2. The van der Waals surface area contributed by atoms with Crippen LogP contribution >= 0.6 is 24.0 Å². The molecule has 0 aromatic carbocycles. The average molecular weight is 489 g/mol. The molecule has 0 aliphatic carbocycles. The van der Waals surface area contributed by atoms with Crippen LogP contribution in [0.25, 0.3) is 6.08 Å². The Labute approximate surface area is 203 Å². The van der Waals surface area contributed by atoms with Crippen molar-refractivity contribution in [3.63, 3.8) is 0 Å². The van der Waals surface area contributed by atoms with Gasteiger partial charge in [-0.2, -0.15) is 5.26 Å². The Morgan fingerprint density at radius 1 is 1.39 bits per heavy atom. The molecule has 0 spiro atoms. The van der Waals surface area contributed by atoms with Gasteiger partial charge in [-0.3, -0.25) is 23.9 Å². The topological polar surface area (TPSA) is 95.6 Å². The van der Waals surface area contributed by atoms with E-state index in [2.05, 4.69) is 0 Å². The van der Waals surface area contributed by atoms with E-state index < -0.39 is 5.56 Å². The van der Waals surface area contributed by atoms with Crippen LogP contribution in [0.2, 0.25) is 0 Å². The Morgan fingerprint density at radius 3 is 2.67 bits per heavy atom. The van der Waals surface area contributed by atoms with Crippen molar-refractivity contribution in [2.24, 2.45) is 13.0 Å². The smallest absolute Gasteiger partial charge is 0.310 e. The zero-order chi connectivity index (χ0) is 24.4. The summed E-state index contributed by atoms with van der Waals surface area (Å²) in [6.07, 6.45) is 3.19. The highest BCUT2D eigenvalue weighted by atomic mass is 32.2. The summed E-state index contributed by atoms with van der Waals surface area (Å²) >= 11 is 6.61. The molecule has 33 heavy (non-hydrogen) atoms. The van der Waals surface area contributed by atoms with Crippen LogP contribution in [0, 0.1) is 24.2 Å². The van der Waals surface area contributed by atoms with Gasteiger partial charge in [0.05, 0.1) is 17.4 Å². The van der Waals surface area contributed by atoms with Gasteiger partial charge >= 0.3 is 5.97 Å². The van der Waals surface area contributed by atoms with Crippen molar-refractivity contribution in [2.75, 3.05) is 24.6 Å². The number of thiocarbonyl (C=S) groups is 1. The molecule has 2 aliphatic heterocycles. The van der Waals surface area contributed by atoms with Crippen molar-refractivity contribution < 1.29 is 14.3 Å². The van der Waals surface area contributed by atoms with E-state index in [1.165, 1.54) is 16.3 Å². The highest BCUT2D eigenvalue weighted by Crippen LogP contribution is 2.37. The number of hydrogen-bond acceptors (Lipinski definition) is 8. The number of pyridine rings is 1. The second-order valence-corrected chi connectivity index (χ2v) is 10.1. The van der Waals surface area contributed by atoms with Crippen LogP contribution < -0.4 is 10.5 Å². The molecule has 0 N–H and O–H groups in total. The summed E-state index contributed by atoms with van der Waals surface area (Å²) < 4.78 is 7.14. The van der Waals surface area contributed by atoms with Gasteiger partial charge in [0.25, 0.3) is 11.5 Å². The van der Waals surface area contributed by atoms with Gasteiger partial charge in [-0.25, -0.2) is 0 Å². The molecule has 2 aliphatic rings. The number of carbonyl (C=O) groups is 2. The molecule has 1 unspecified atom stereocenters. The van der Waals surface area contributed by atoms with E-state index >= 15 is 0 Å². The maximum atomic E-state index is 13.0. The molecule has 1 aromatic rings. The lowest BCUT2D eigenvalue weighted by molar-refractivity contribution is -0.148. The molecule has 1 atom stereocenters. The second kappa shape index (κ2) is 10.1. The van der Waals surface area contributed by atoms with Gasteiger partial charge in [0.2, 0.25) is 0 Å². The van der Waals surface area contributed by atoms with Gasteiger partial charge in [-0.15, -0.1) is 0 Å². The third-order valence-electron chi connectivity index (χ3n) is 5.92. The fourth-order valence-corrected chi connectivity index (χ4v) is 5.78. The molecule has 2 saturated heterocycles. The van der Waals surface area contributed by atoms with Crippen molar-refractivity contribution in [1.29, 1.82) is 5.26 Å². The molecule has 176 valence electrons. The van der Waals surface area contributed by atoms with Crippen molar-refractivity contribution in [3.05, 3.63) is 31.9 Å². The third-order valence-corrected chi connectivity index (χ3v) is 7.25. The third kappa shape index (κ3) is 4.70. The first kappa shape index (κ1) is 25.0. The van der Waals surface area contributed by atoms with Gasteiger partial charge in [-0.1, -0.05) is 24.0 Å². The number of carbonyl (C=O) groups excluding carboxylic acids is 2. The Hall–Kier alpha value is -2.64. The predicted molar refractivity (Wildman–Crippen MR) is 133 cm³/mol. The molecule has 3 heterocycles. The number of esters is 1. The summed E-state index contributed by atoms with van der Waals surface area (Å²) in [5.74, 6) is -0.172. The molecule has 1 aromatic heterocycles. The highest BCUT2D eigenvalue weighted by Gasteiger charge is 2.35. The van der Waals surface area contributed by atoms with Crippen molar-refractivity contribution >= 4 is 52.1 Å². The minimum atomic E-state index is -0.407. The quantitative estimate of drug-likeness (QED) is 0.355. The number of piperidine rings is 1. The van der Waals surface area contributed by atoms with Gasteiger partial charge in [0.1, 0.15) is 21.8 Å². The number of amides is 1. The summed E-state index contributed by atoms with van der Waals surface area (Å²) in [6, 6.07) is 1.93. The van der Waals surface area contributed by atoms with E-state index in [1.54, 1.807) is 31.9 Å². The Balaban J connectivity index is 2.15. The fraction of sp³-hybridized carbons (Fsp3) is 0.522. The van der Waals surface area contributed by atoms with E-state index in [1.807, 2.05) is 24.8 Å². The van der Waals surface area contributed by atoms with Crippen LogP contribution in [-0.4, -0.2) is 51.4 Å². The van der Waals surface area contributed by atoms with Crippen LogP contribution in [0.1, 0.15) is 50.3 Å². The summed E-state index contributed by atoms with van der Waals surface area (Å²) in [4.78, 5) is 42.4. The van der Waals surface area contributed by atoms with Gasteiger partial charge < -0.3 is 9.64 Å². The monoisotopic (exact) mass is 488 g/mol. The lowest BCUT2D eigenvalue weighted by Gasteiger charge is -2.35. The van der Waals surface area contributed by atoms with Gasteiger partial charge in [0.15, 0.2) is 0 Å². The van der Waals surface area contributed by atoms with E-state index in [4.69, 9.17) is 17.0 Å². The van der Waals surface area contributed by atoms with Crippen LogP contribution in [0.15, 0.2) is 9.70 Å². The number of hydrogen-bond donors (Lipinski definition) is 0. The maximum Gasteiger partial charge on any atom is 0.310 e. The van der Waals surface area contributed by atoms with E-state index in [9.17, 15) is 19.6 Å². The molecule has 0 radical (unpaired) electrons. The first-order valence-corrected chi connectivity index (χ1v) is 12.2. The fourth-order valence-electron chi connectivity index (χ4n) is 4.27. The Morgan fingerprint density at radius 2 is 2.09 bits per heavy atom. The van der Waals surface area contributed by atoms with Crippen molar-refractivity contribution in [1.82, 2.24) is 9.47 Å². The minimum Gasteiger partial charge on any atom is -0.466 e. The predicted octanol–water partition coefficient (Wildman–Crippen LogP) is 2.95. The molecule has 1 amide bonds. The minimum absolute atomic E-state index is 0.0331. The Bertz CT molecular complexity index is 1130. The zero-order valence-corrected chi connectivity index (χ0v) is 21.1. The molecule has 8 nitrogen and oxygen atoms in total. The maximum absolute atomic E-state index is 13.0. The summed E-state index contributed by atoms with van der Waals surface area (Å²) in [5.41, 5.74) is 0.743. The van der Waals surface area contributed by atoms with Crippen LogP contribution in [0.4, 0.5) is 5.82 Å². The van der Waals surface area contributed by atoms with Crippen LogP contribution in [0.3, 0.4) is 0 Å². The summed E-state index contributed by atoms with van der Waals surface area (Å²) in [6.45, 7) is 8.63. The van der Waals surface area contributed by atoms with Crippen LogP contribution in [-0.2, 0) is 21.4 Å². The van der Waals surface area contributed by atoms with E-state index in [0.29, 0.717) is 52.3 Å². The van der Waals surface area contributed by atoms with E-state index in [0.717, 1.165) is 6.42 Å². The normalized spacial score (nSPS) is 20.0. The van der Waals surface area contributed by atoms with E-state index in [-0.39, 0.29) is 29.4 Å². The van der Waals surface area contributed by atoms with Gasteiger partial charge in [-0.05, 0) is 52.2 Å². The van der Waals surface area contributed by atoms with Crippen molar-refractivity contribution in [3.8, 4) is 6.07 Å². The van der Waals surface area contributed by atoms with Gasteiger partial charge in [0, 0.05) is 31.7 Å². The average Bonchev–Trinajstić information content (AvgIpc) is 3.05. The molecule has 10 heteroatoms. The number of nitriles is 1. The zero-order valence-electron chi connectivity index (χ0n) is 19.5. The highest BCUT2D eigenvalue weighted by molar-refractivity contribution is 8.26. The molecule has 3 rings (SSSR count). The largest absolute Gasteiger partial charge is 0.466 e. The number of ether oxygens (including phenoxy) is 1. The first-order valence-electron chi connectivity index (χ1n) is 10.9. The number of aromatic nitrogens is 1. The lowest BCUT2D eigenvalue weighted by atomic mass is 9.96. The summed E-state index contributed by atoms with van der Waals surface area (Å²) in [5, 5.41) is 9.63. The molecule has 0 saturated carbocycles. The van der Waals surface area contributed by atoms with Crippen LogP contribution in [0.5, 0.6) is 0 Å². The molecule has 0 bridgehead atoms. The van der Waals surface area contributed by atoms with Crippen molar-refractivity contribution in [2.45, 2.75) is 46.6 Å². The number of rotatable bonds is 5. The SMILES string of the molecule is CCOC(=O)C1CCCN(c2c(/C=C3/SC(=S)N(C(C)C)C3=O)c(C)c(C#N)c(=O)n2C)C1. The lowest BCUT2D eigenvalue weighted by Crippen LogP contribution is -2.42. The summed E-state index contributed by atoms with van der Waals surface area (Å²) in [7, 11) is 1.61. The standard InChI is InChI=1S/C23H28N4O4S2/c1-6-31-22(30)15-8-7-9-26(12-15)19-16(14(4)17(11-24)20(28)25(19)5)10-18-21(29)27(13(2)3)23(32)33-18/h10,13,15H,6-9,12H2,1-5H3/b18-10+.